The Kier molecular flexibility index (Phi) is 3.26. The molecule has 1 fully saturated rings. The summed E-state index contributed by atoms with van der Waals surface area (Å²) in [5, 5.41) is 4.43. The monoisotopic (exact) mass is 271 g/mol. The van der Waals surface area contributed by atoms with Gasteiger partial charge in [0.05, 0.1) is 17.8 Å². The molecule has 0 bridgehead atoms. The molecule has 0 spiro atoms. The lowest BCUT2D eigenvalue weighted by molar-refractivity contribution is 0.303. The third-order valence-corrected chi connectivity index (χ3v) is 3.94. The Labute approximate surface area is 119 Å². The van der Waals surface area contributed by atoms with Gasteiger partial charge in [0.1, 0.15) is 5.75 Å². The SMILES string of the molecule is Cc1nn(C)c(C)c1C(N)c1ccc(OC2CC2)cc1. The number of ether oxygens (including phenoxy) is 1. The van der Waals surface area contributed by atoms with Gasteiger partial charge in [-0.3, -0.25) is 4.68 Å². The fourth-order valence-electron chi connectivity index (χ4n) is 2.54. The van der Waals surface area contributed by atoms with Crippen LogP contribution in [0.2, 0.25) is 0 Å². The molecule has 4 nitrogen and oxygen atoms in total. The van der Waals surface area contributed by atoms with Gasteiger partial charge in [-0.15, -0.1) is 0 Å². The summed E-state index contributed by atoms with van der Waals surface area (Å²) in [6.45, 7) is 4.06. The van der Waals surface area contributed by atoms with Crippen molar-refractivity contribution in [3.05, 3.63) is 46.8 Å². The number of aromatic nitrogens is 2. The molecule has 2 aromatic rings. The van der Waals surface area contributed by atoms with Crippen LogP contribution in [0.1, 0.15) is 41.4 Å². The van der Waals surface area contributed by atoms with Crippen molar-refractivity contribution in [3.63, 3.8) is 0 Å². The second-order valence-electron chi connectivity index (χ2n) is 5.57. The lowest BCUT2D eigenvalue weighted by Crippen LogP contribution is -2.14. The topological polar surface area (TPSA) is 53.1 Å². The first-order valence-electron chi connectivity index (χ1n) is 7.08. The maximum absolute atomic E-state index is 6.40. The third kappa shape index (κ3) is 2.43. The summed E-state index contributed by atoms with van der Waals surface area (Å²) >= 11 is 0. The average Bonchev–Trinajstić information content (AvgIpc) is 3.19. The Morgan fingerprint density at radius 3 is 2.40 bits per heavy atom. The van der Waals surface area contributed by atoms with Gasteiger partial charge in [0.15, 0.2) is 0 Å². The van der Waals surface area contributed by atoms with E-state index in [-0.39, 0.29) is 6.04 Å². The fourth-order valence-corrected chi connectivity index (χ4v) is 2.54. The second kappa shape index (κ2) is 4.94. The molecule has 1 aliphatic carbocycles. The van der Waals surface area contributed by atoms with Crippen LogP contribution >= 0.6 is 0 Å². The maximum atomic E-state index is 6.40. The van der Waals surface area contributed by atoms with Crippen LogP contribution in [-0.4, -0.2) is 15.9 Å². The minimum Gasteiger partial charge on any atom is -0.490 e. The van der Waals surface area contributed by atoms with Crippen molar-refractivity contribution in [1.29, 1.82) is 0 Å². The van der Waals surface area contributed by atoms with E-state index in [1.807, 2.05) is 42.9 Å². The van der Waals surface area contributed by atoms with E-state index in [9.17, 15) is 0 Å². The zero-order valence-corrected chi connectivity index (χ0v) is 12.3. The molecule has 2 N–H and O–H groups in total. The van der Waals surface area contributed by atoms with Crippen molar-refractivity contribution in [2.45, 2.75) is 38.8 Å². The minimum absolute atomic E-state index is 0.140. The molecule has 1 unspecified atom stereocenters. The molecule has 0 amide bonds. The summed E-state index contributed by atoms with van der Waals surface area (Å²) in [5.41, 5.74) is 10.7. The molecule has 1 aliphatic rings. The predicted molar refractivity (Wildman–Crippen MR) is 78.8 cm³/mol. The van der Waals surface area contributed by atoms with E-state index >= 15 is 0 Å². The Bertz CT molecular complexity index is 611. The van der Waals surface area contributed by atoms with Crippen molar-refractivity contribution < 1.29 is 4.74 Å². The Morgan fingerprint density at radius 2 is 1.90 bits per heavy atom. The summed E-state index contributed by atoms with van der Waals surface area (Å²) in [5.74, 6) is 0.933. The van der Waals surface area contributed by atoms with Crippen LogP contribution < -0.4 is 10.5 Å². The van der Waals surface area contributed by atoms with Crippen LogP contribution in [0.3, 0.4) is 0 Å². The molecule has 1 saturated carbocycles. The van der Waals surface area contributed by atoms with Gasteiger partial charge in [0.2, 0.25) is 0 Å². The predicted octanol–water partition coefficient (Wildman–Crippen LogP) is 2.63. The largest absolute Gasteiger partial charge is 0.490 e. The first kappa shape index (κ1) is 13.2. The summed E-state index contributed by atoms with van der Waals surface area (Å²) in [6.07, 6.45) is 2.78. The number of rotatable bonds is 4. The number of aryl methyl sites for hydroxylation is 2. The van der Waals surface area contributed by atoms with Gasteiger partial charge in [-0.2, -0.15) is 5.10 Å². The number of benzene rings is 1. The molecule has 0 aliphatic heterocycles. The molecule has 0 saturated heterocycles. The van der Waals surface area contributed by atoms with Crippen molar-refractivity contribution >= 4 is 0 Å². The van der Waals surface area contributed by atoms with E-state index in [2.05, 4.69) is 12.0 Å². The number of nitrogens with two attached hydrogens (primary N) is 1. The Balaban J connectivity index is 1.83. The van der Waals surface area contributed by atoms with Gasteiger partial charge >= 0.3 is 0 Å². The normalized spacial score (nSPS) is 16.2. The lowest BCUT2D eigenvalue weighted by Gasteiger charge is -2.14. The van der Waals surface area contributed by atoms with Gasteiger partial charge in [-0.05, 0) is 44.4 Å². The van der Waals surface area contributed by atoms with Crippen molar-refractivity contribution in [2.75, 3.05) is 0 Å². The standard InChI is InChI=1S/C16H21N3O/c1-10-15(11(2)19(3)18-10)16(17)12-4-6-13(7-5-12)20-14-8-9-14/h4-7,14,16H,8-9,17H2,1-3H3. The van der Waals surface area contributed by atoms with E-state index in [1.54, 1.807) is 0 Å². The Morgan fingerprint density at radius 1 is 1.25 bits per heavy atom. The van der Waals surface area contributed by atoms with Gasteiger partial charge in [0, 0.05) is 18.3 Å². The van der Waals surface area contributed by atoms with Crippen LogP contribution in [0.25, 0.3) is 0 Å². The average molecular weight is 271 g/mol. The lowest BCUT2D eigenvalue weighted by atomic mass is 9.98. The van der Waals surface area contributed by atoms with E-state index in [0.717, 1.165) is 28.3 Å². The highest BCUT2D eigenvalue weighted by Gasteiger charge is 2.23. The van der Waals surface area contributed by atoms with E-state index in [0.29, 0.717) is 6.10 Å². The quantitative estimate of drug-likeness (QED) is 0.930. The van der Waals surface area contributed by atoms with Gasteiger partial charge in [-0.25, -0.2) is 0 Å². The zero-order chi connectivity index (χ0) is 14.3. The molecule has 106 valence electrons. The first-order chi connectivity index (χ1) is 9.56. The van der Waals surface area contributed by atoms with Crippen LogP contribution in [0.5, 0.6) is 5.75 Å². The number of hydrogen-bond donors (Lipinski definition) is 1. The summed E-state index contributed by atoms with van der Waals surface area (Å²) < 4.78 is 7.64. The molecule has 1 heterocycles. The highest BCUT2D eigenvalue weighted by Crippen LogP contribution is 2.29. The van der Waals surface area contributed by atoms with Crippen molar-refractivity contribution in [3.8, 4) is 5.75 Å². The highest BCUT2D eigenvalue weighted by atomic mass is 16.5. The molecule has 20 heavy (non-hydrogen) atoms. The van der Waals surface area contributed by atoms with Crippen LogP contribution in [0.4, 0.5) is 0 Å². The van der Waals surface area contributed by atoms with E-state index in [1.165, 1.54) is 12.8 Å². The van der Waals surface area contributed by atoms with E-state index < -0.39 is 0 Å². The molecular formula is C16H21N3O. The summed E-state index contributed by atoms with van der Waals surface area (Å²) in [6, 6.07) is 7.98. The molecule has 4 heteroatoms. The molecule has 1 aromatic heterocycles. The van der Waals surface area contributed by atoms with E-state index in [4.69, 9.17) is 10.5 Å². The van der Waals surface area contributed by atoms with Crippen LogP contribution in [0, 0.1) is 13.8 Å². The molecule has 1 atom stereocenters. The molecule has 1 aromatic carbocycles. The third-order valence-electron chi connectivity index (χ3n) is 3.94. The number of hydrogen-bond acceptors (Lipinski definition) is 3. The van der Waals surface area contributed by atoms with Crippen LogP contribution in [-0.2, 0) is 7.05 Å². The highest BCUT2D eigenvalue weighted by molar-refractivity contribution is 5.38. The Hall–Kier alpha value is -1.81. The smallest absolute Gasteiger partial charge is 0.119 e. The molecular weight excluding hydrogens is 250 g/mol. The van der Waals surface area contributed by atoms with Gasteiger partial charge < -0.3 is 10.5 Å². The summed E-state index contributed by atoms with van der Waals surface area (Å²) in [7, 11) is 1.95. The van der Waals surface area contributed by atoms with Gasteiger partial charge in [0.25, 0.3) is 0 Å². The molecule has 3 rings (SSSR count). The number of nitrogens with zero attached hydrogens (tertiary/aromatic N) is 2. The van der Waals surface area contributed by atoms with Crippen molar-refractivity contribution in [2.24, 2.45) is 12.8 Å². The maximum Gasteiger partial charge on any atom is 0.119 e. The van der Waals surface area contributed by atoms with Crippen LogP contribution in [0.15, 0.2) is 24.3 Å². The minimum atomic E-state index is -0.140. The van der Waals surface area contributed by atoms with Gasteiger partial charge in [-0.1, -0.05) is 12.1 Å². The molecule has 0 radical (unpaired) electrons. The second-order valence-corrected chi connectivity index (χ2v) is 5.57. The first-order valence-corrected chi connectivity index (χ1v) is 7.08. The van der Waals surface area contributed by atoms with Crippen molar-refractivity contribution in [1.82, 2.24) is 9.78 Å². The zero-order valence-electron chi connectivity index (χ0n) is 12.3. The summed E-state index contributed by atoms with van der Waals surface area (Å²) in [4.78, 5) is 0. The fraction of sp³-hybridized carbons (Fsp3) is 0.438.